The van der Waals surface area contributed by atoms with Gasteiger partial charge >= 0.3 is 0 Å². The fourth-order valence-corrected chi connectivity index (χ4v) is 2.50. The van der Waals surface area contributed by atoms with E-state index in [0.717, 1.165) is 31.6 Å². The second kappa shape index (κ2) is 7.11. The lowest BCUT2D eigenvalue weighted by molar-refractivity contribution is 0.322. The highest BCUT2D eigenvalue weighted by atomic mass is 15.1. The Bertz CT molecular complexity index is 549. The molecule has 20 heavy (non-hydrogen) atoms. The van der Waals surface area contributed by atoms with Gasteiger partial charge < -0.3 is 10.6 Å². The SMILES string of the molecule is Cc1cccc(CN(C)CCCc2cccc(N)c2)c1. The highest BCUT2D eigenvalue weighted by Gasteiger charge is 2.01. The average molecular weight is 268 g/mol. The maximum absolute atomic E-state index is 5.80. The van der Waals surface area contributed by atoms with Crippen molar-refractivity contribution in [2.24, 2.45) is 0 Å². The molecule has 0 unspecified atom stereocenters. The molecule has 2 aromatic carbocycles. The molecule has 2 aromatic rings. The van der Waals surface area contributed by atoms with E-state index in [2.05, 4.69) is 55.3 Å². The summed E-state index contributed by atoms with van der Waals surface area (Å²) in [5, 5.41) is 0. The Hall–Kier alpha value is -1.80. The summed E-state index contributed by atoms with van der Waals surface area (Å²) >= 11 is 0. The van der Waals surface area contributed by atoms with E-state index in [1.165, 1.54) is 16.7 Å². The van der Waals surface area contributed by atoms with Crippen LogP contribution in [0.4, 0.5) is 5.69 Å². The first kappa shape index (κ1) is 14.6. The van der Waals surface area contributed by atoms with Crippen molar-refractivity contribution < 1.29 is 0 Å². The van der Waals surface area contributed by atoms with Crippen LogP contribution in [0.2, 0.25) is 0 Å². The molecular weight excluding hydrogens is 244 g/mol. The number of nitrogens with zero attached hydrogens (tertiary/aromatic N) is 1. The summed E-state index contributed by atoms with van der Waals surface area (Å²) in [6.45, 7) is 4.25. The van der Waals surface area contributed by atoms with Crippen LogP contribution in [0.1, 0.15) is 23.1 Å². The standard InChI is InChI=1S/C18H24N2/c1-15-6-3-8-17(12-15)14-20(2)11-5-9-16-7-4-10-18(19)13-16/h3-4,6-8,10,12-13H,5,9,11,14,19H2,1-2H3. The van der Waals surface area contributed by atoms with Crippen molar-refractivity contribution in [2.45, 2.75) is 26.3 Å². The fourth-order valence-electron chi connectivity index (χ4n) is 2.50. The molecule has 0 saturated carbocycles. The first-order valence-corrected chi connectivity index (χ1v) is 7.22. The van der Waals surface area contributed by atoms with E-state index in [0.29, 0.717) is 0 Å². The van der Waals surface area contributed by atoms with Gasteiger partial charge in [0.1, 0.15) is 0 Å². The summed E-state index contributed by atoms with van der Waals surface area (Å²) in [7, 11) is 2.18. The first-order valence-electron chi connectivity index (χ1n) is 7.22. The summed E-state index contributed by atoms with van der Waals surface area (Å²) in [5.41, 5.74) is 10.7. The fraction of sp³-hybridized carbons (Fsp3) is 0.333. The number of nitrogens with two attached hydrogens (primary N) is 1. The summed E-state index contributed by atoms with van der Waals surface area (Å²) in [5.74, 6) is 0. The van der Waals surface area contributed by atoms with Gasteiger partial charge in [0, 0.05) is 12.2 Å². The summed E-state index contributed by atoms with van der Waals surface area (Å²) in [6.07, 6.45) is 2.25. The van der Waals surface area contributed by atoms with Crippen LogP contribution in [0.3, 0.4) is 0 Å². The summed E-state index contributed by atoms with van der Waals surface area (Å²) in [6, 6.07) is 16.9. The second-order valence-electron chi connectivity index (χ2n) is 5.58. The Morgan fingerprint density at radius 1 is 1.00 bits per heavy atom. The van der Waals surface area contributed by atoms with Gasteiger partial charge in [-0.25, -0.2) is 0 Å². The minimum Gasteiger partial charge on any atom is -0.399 e. The van der Waals surface area contributed by atoms with Crippen molar-refractivity contribution in [2.75, 3.05) is 19.3 Å². The average Bonchev–Trinajstić information content (AvgIpc) is 2.38. The molecule has 0 aliphatic heterocycles. The number of hydrogen-bond donors (Lipinski definition) is 1. The van der Waals surface area contributed by atoms with Gasteiger partial charge in [0.2, 0.25) is 0 Å². The molecule has 0 spiro atoms. The van der Waals surface area contributed by atoms with Crippen LogP contribution < -0.4 is 5.73 Å². The van der Waals surface area contributed by atoms with E-state index in [4.69, 9.17) is 5.73 Å². The van der Waals surface area contributed by atoms with Crippen LogP contribution in [0.15, 0.2) is 48.5 Å². The minimum absolute atomic E-state index is 0.857. The first-order chi connectivity index (χ1) is 9.63. The molecule has 0 bridgehead atoms. The third-order valence-electron chi connectivity index (χ3n) is 3.49. The highest BCUT2D eigenvalue weighted by molar-refractivity contribution is 5.40. The van der Waals surface area contributed by atoms with Crippen LogP contribution in [-0.2, 0) is 13.0 Å². The zero-order chi connectivity index (χ0) is 14.4. The molecular formula is C18H24N2. The topological polar surface area (TPSA) is 29.3 Å². The predicted molar refractivity (Wildman–Crippen MR) is 86.7 cm³/mol. The van der Waals surface area contributed by atoms with Crippen molar-refractivity contribution in [1.29, 1.82) is 0 Å². The van der Waals surface area contributed by atoms with E-state index in [1.807, 2.05) is 12.1 Å². The van der Waals surface area contributed by atoms with E-state index in [-0.39, 0.29) is 0 Å². The van der Waals surface area contributed by atoms with Crippen LogP contribution in [0.5, 0.6) is 0 Å². The molecule has 2 nitrogen and oxygen atoms in total. The molecule has 0 atom stereocenters. The lowest BCUT2D eigenvalue weighted by Crippen LogP contribution is -2.19. The Labute approximate surface area is 122 Å². The van der Waals surface area contributed by atoms with Gasteiger partial charge in [0.15, 0.2) is 0 Å². The van der Waals surface area contributed by atoms with E-state index < -0.39 is 0 Å². The monoisotopic (exact) mass is 268 g/mol. The van der Waals surface area contributed by atoms with Crippen LogP contribution in [0.25, 0.3) is 0 Å². The Morgan fingerprint density at radius 3 is 2.50 bits per heavy atom. The quantitative estimate of drug-likeness (QED) is 0.810. The molecule has 2 heteroatoms. The number of aryl methyl sites for hydroxylation is 2. The van der Waals surface area contributed by atoms with Gasteiger partial charge in [0.25, 0.3) is 0 Å². The van der Waals surface area contributed by atoms with Crippen LogP contribution >= 0.6 is 0 Å². The molecule has 0 heterocycles. The van der Waals surface area contributed by atoms with E-state index >= 15 is 0 Å². The number of hydrogen-bond acceptors (Lipinski definition) is 2. The lowest BCUT2D eigenvalue weighted by Gasteiger charge is -2.17. The predicted octanol–water partition coefficient (Wildman–Crippen LogP) is 3.64. The van der Waals surface area contributed by atoms with Gasteiger partial charge in [-0.2, -0.15) is 0 Å². The van der Waals surface area contributed by atoms with Crippen LogP contribution in [0, 0.1) is 6.92 Å². The minimum atomic E-state index is 0.857. The van der Waals surface area contributed by atoms with Crippen molar-refractivity contribution in [3.8, 4) is 0 Å². The molecule has 0 aromatic heterocycles. The number of benzene rings is 2. The maximum Gasteiger partial charge on any atom is 0.0316 e. The molecule has 0 aliphatic carbocycles. The molecule has 0 aliphatic rings. The lowest BCUT2D eigenvalue weighted by atomic mass is 10.1. The molecule has 2 rings (SSSR count). The zero-order valence-corrected chi connectivity index (χ0v) is 12.5. The third kappa shape index (κ3) is 4.71. The summed E-state index contributed by atoms with van der Waals surface area (Å²) in [4.78, 5) is 2.38. The largest absolute Gasteiger partial charge is 0.399 e. The Morgan fingerprint density at radius 2 is 1.75 bits per heavy atom. The van der Waals surface area contributed by atoms with Crippen molar-refractivity contribution in [1.82, 2.24) is 4.90 Å². The van der Waals surface area contributed by atoms with Crippen molar-refractivity contribution in [3.63, 3.8) is 0 Å². The van der Waals surface area contributed by atoms with Crippen molar-refractivity contribution in [3.05, 3.63) is 65.2 Å². The molecule has 0 amide bonds. The normalized spacial score (nSPS) is 10.9. The zero-order valence-electron chi connectivity index (χ0n) is 12.5. The molecule has 0 radical (unpaired) electrons. The molecule has 0 saturated heterocycles. The van der Waals surface area contributed by atoms with Gasteiger partial charge in [-0.05, 0) is 56.6 Å². The smallest absolute Gasteiger partial charge is 0.0316 e. The van der Waals surface area contributed by atoms with Crippen molar-refractivity contribution >= 4 is 5.69 Å². The van der Waals surface area contributed by atoms with E-state index in [1.54, 1.807) is 0 Å². The third-order valence-corrected chi connectivity index (χ3v) is 3.49. The molecule has 106 valence electrons. The highest BCUT2D eigenvalue weighted by Crippen LogP contribution is 2.10. The van der Waals surface area contributed by atoms with Gasteiger partial charge in [-0.15, -0.1) is 0 Å². The van der Waals surface area contributed by atoms with E-state index in [9.17, 15) is 0 Å². The Balaban J connectivity index is 1.76. The van der Waals surface area contributed by atoms with Gasteiger partial charge in [-0.1, -0.05) is 42.0 Å². The Kier molecular flexibility index (Phi) is 5.19. The number of rotatable bonds is 6. The number of nitrogen functional groups attached to an aromatic ring is 1. The molecule has 2 N–H and O–H groups in total. The molecule has 0 fully saturated rings. The van der Waals surface area contributed by atoms with Gasteiger partial charge in [-0.3, -0.25) is 0 Å². The second-order valence-corrected chi connectivity index (χ2v) is 5.58. The summed E-state index contributed by atoms with van der Waals surface area (Å²) < 4.78 is 0. The van der Waals surface area contributed by atoms with Crippen LogP contribution in [-0.4, -0.2) is 18.5 Å². The maximum atomic E-state index is 5.80. The number of anilines is 1. The van der Waals surface area contributed by atoms with Gasteiger partial charge in [0.05, 0.1) is 0 Å².